The number of thiazole rings is 1. The highest BCUT2D eigenvalue weighted by atomic mass is 35.5. The molecule has 7 amide bonds. The Morgan fingerprint density at radius 1 is 0.835 bits per heavy atom. The minimum Gasteiger partial charge on any atom is -0.455 e. The molecule has 4 aromatic carbocycles. The van der Waals surface area contributed by atoms with Crippen molar-refractivity contribution in [2.75, 3.05) is 109 Å². The van der Waals surface area contributed by atoms with Crippen LogP contribution in [0.4, 0.5) is 21.9 Å². The number of pyridine rings is 1. The number of urea groups is 1. The second-order valence-electron chi connectivity index (χ2n) is 30.0. The Balaban J connectivity index is 0.568. The fraction of sp³-hybridized carbons (Fsp3) is 0.462. The molecule has 0 bridgehead atoms. The number of piperazine rings is 1. The molecule has 11 rings (SSSR count). The van der Waals surface area contributed by atoms with Crippen LogP contribution in [0.2, 0.25) is 5.02 Å². The van der Waals surface area contributed by atoms with Crippen molar-refractivity contribution in [2.24, 2.45) is 16.7 Å². The third-order valence-electron chi connectivity index (χ3n) is 20.3. The predicted octanol–water partition coefficient (Wildman–Crippen LogP) is 9.83. The van der Waals surface area contributed by atoms with Gasteiger partial charge in [0.1, 0.15) is 34.9 Å². The number of aromatic nitrogens is 3. The second-order valence-corrected chi connectivity index (χ2v) is 33.0. The minimum atomic E-state index is -4.69. The number of nitrogens with zero attached hydrogens (tertiary/aromatic N) is 7. The van der Waals surface area contributed by atoms with Crippen molar-refractivity contribution >= 4 is 102 Å². The molecule has 28 nitrogen and oxygen atoms in total. The predicted molar refractivity (Wildman–Crippen MR) is 417 cm³/mol. The van der Waals surface area contributed by atoms with Crippen molar-refractivity contribution in [3.63, 3.8) is 0 Å². The quantitative estimate of drug-likeness (QED) is 0.0114. The number of fused-ring (bicyclic) bond motifs is 1. The van der Waals surface area contributed by atoms with E-state index in [2.05, 4.69) is 82.0 Å². The number of H-pyrrole nitrogens is 1. The molecule has 0 spiro atoms. The summed E-state index contributed by atoms with van der Waals surface area (Å²) in [6.45, 7) is 18.2. The van der Waals surface area contributed by atoms with E-state index in [1.54, 1.807) is 66.9 Å². The number of β-amino-alcohol motifs (C(OH)–C–C–N with tert-alkyl or cyclic N) is 1. The average Bonchev–Trinajstić information content (AvgIpc) is 1.67. The first-order valence-corrected chi connectivity index (χ1v) is 39.7. The van der Waals surface area contributed by atoms with E-state index < -0.39 is 78.7 Å². The maximum absolute atomic E-state index is 14.2. The van der Waals surface area contributed by atoms with Crippen LogP contribution in [-0.2, 0) is 45.2 Å². The van der Waals surface area contributed by atoms with Gasteiger partial charge in [0.15, 0.2) is 0 Å². The molecule has 3 saturated heterocycles. The number of ether oxygens (including phenoxy) is 3. The number of nitro benzene ring substituents is 1. The van der Waals surface area contributed by atoms with Crippen LogP contribution in [0.5, 0.6) is 11.5 Å². The topological polar surface area (TPSA) is 354 Å². The van der Waals surface area contributed by atoms with Gasteiger partial charge in [0.25, 0.3) is 21.6 Å². The van der Waals surface area contributed by atoms with Crippen molar-refractivity contribution in [1.29, 1.82) is 0 Å². The van der Waals surface area contributed by atoms with E-state index in [1.165, 1.54) is 46.0 Å². The number of amides is 7. The normalized spacial score (nSPS) is 17.4. The van der Waals surface area contributed by atoms with Gasteiger partial charge in [0.05, 0.1) is 70.2 Å². The Bertz CT molecular complexity index is 4550. The zero-order valence-electron chi connectivity index (χ0n) is 62.3. The molecule has 4 aliphatic rings. The van der Waals surface area contributed by atoms with Crippen molar-refractivity contribution < 1.29 is 61.4 Å². The SMILES string of the molecule is Cc1ncsc1-c1ccc(CNC(=O)[C@@H]2C[C@@H](O)CN2C(=O)[C@@H](NC(=O)CCC(=O)NCCOCCOCCNC(=O)N2CCC(CNc3ccc(S(=O)(=O)NC(=O)c4ccc(N5CCN(CC6=C(c7ccc(Cl)cc7)CC(C)(C)CC6)CC5)cc4Oc4cnc5[nH]ccc5c4)cc3[N+](=O)[O-])CC2)C(C)(C)C)cc1. The Hall–Kier alpha value is -9.56. The van der Waals surface area contributed by atoms with Crippen LogP contribution in [0.15, 0.2) is 125 Å². The highest BCUT2D eigenvalue weighted by Gasteiger charge is 2.45. The number of hydrogen-bond acceptors (Lipinski definition) is 20. The molecule has 3 atom stereocenters. The Morgan fingerprint density at radius 2 is 1.54 bits per heavy atom. The molecule has 582 valence electrons. The number of sulfonamides is 1. The highest BCUT2D eigenvalue weighted by Crippen LogP contribution is 2.44. The lowest BCUT2D eigenvalue weighted by Crippen LogP contribution is -2.57. The Morgan fingerprint density at radius 3 is 2.24 bits per heavy atom. The number of aliphatic hydroxyl groups excluding tert-OH is 1. The van der Waals surface area contributed by atoms with E-state index in [9.17, 15) is 52.4 Å². The average molecular weight is 1550 g/mol. The number of carbonyl (C=O) groups excluding carboxylic acids is 6. The first-order chi connectivity index (χ1) is 52.1. The number of rotatable bonds is 31. The summed E-state index contributed by atoms with van der Waals surface area (Å²) < 4.78 is 47.7. The number of anilines is 2. The number of aromatic amines is 1. The number of hydrogen-bond donors (Lipinski definition) is 8. The first-order valence-electron chi connectivity index (χ1n) is 36.9. The summed E-state index contributed by atoms with van der Waals surface area (Å²) in [5.41, 5.74) is 8.93. The third kappa shape index (κ3) is 21.7. The number of aryl methyl sites for hydroxylation is 1. The van der Waals surface area contributed by atoms with E-state index in [0.29, 0.717) is 62.0 Å². The summed E-state index contributed by atoms with van der Waals surface area (Å²) in [5, 5.41) is 38.9. The molecule has 3 aliphatic heterocycles. The number of nitro groups is 1. The number of benzene rings is 4. The molecule has 7 aromatic rings. The number of likely N-dealkylation sites (tertiary alicyclic amines) is 2. The van der Waals surface area contributed by atoms with Crippen molar-refractivity contribution in [2.45, 2.75) is 123 Å². The lowest BCUT2D eigenvalue weighted by molar-refractivity contribution is -0.384. The van der Waals surface area contributed by atoms with Gasteiger partial charge in [0, 0.05) is 132 Å². The van der Waals surface area contributed by atoms with Gasteiger partial charge in [0.2, 0.25) is 23.6 Å². The molecule has 6 heterocycles. The van der Waals surface area contributed by atoms with Crippen LogP contribution >= 0.6 is 22.9 Å². The molecule has 0 unspecified atom stereocenters. The summed E-state index contributed by atoms with van der Waals surface area (Å²) in [6, 6.07) is 25.6. The second kappa shape index (κ2) is 36.3. The van der Waals surface area contributed by atoms with Crippen LogP contribution in [0, 0.1) is 33.8 Å². The fourth-order valence-electron chi connectivity index (χ4n) is 14.0. The van der Waals surface area contributed by atoms with E-state index in [4.69, 9.17) is 25.8 Å². The van der Waals surface area contributed by atoms with Crippen LogP contribution in [0.3, 0.4) is 0 Å². The highest BCUT2D eigenvalue weighted by molar-refractivity contribution is 7.90. The molecule has 109 heavy (non-hydrogen) atoms. The summed E-state index contributed by atoms with van der Waals surface area (Å²) >= 11 is 7.83. The van der Waals surface area contributed by atoms with Gasteiger partial charge in [-0.25, -0.2) is 27.9 Å². The number of halogens is 1. The van der Waals surface area contributed by atoms with Crippen molar-refractivity contribution in [1.82, 2.24) is 55.6 Å². The summed E-state index contributed by atoms with van der Waals surface area (Å²) in [6.07, 6.45) is 6.29. The molecule has 8 N–H and O–H groups in total. The lowest BCUT2D eigenvalue weighted by atomic mass is 9.72. The maximum atomic E-state index is 14.2. The number of nitrogens with one attached hydrogen (secondary N) is 7. The Labute approximate surface area is 643 Å². The molecule has 31 heteroatoms. The lowest BCUT2D eigenvalue weighted by Gasteiger charge is -2.39. The van der Waals surface area contributed by atoms with E-state index in [-0.39, 0.29) is 106 Å². The number of carbonyl (C=O) groups is 6. The summed E-state index contributed by atoms with van der Waals surface area (Å²) in [5.74, 6) is -2.44. The Kier molecular flexibility index (Phi) is 26.8. The fourth-order valence-corrected chi connectivity index (χ4v) is 16.0. The minimum absolute atomic E-state index is 0.0248. The van der Waals surface area contributed by atoms with Crippen molar-refractivity contribution in [3.8, 4) is 21.9 Å². The smallest absolute Gasteiger partial charge is 0.317 e. The number of aliphatic hydroxyl groups is 1. The van der Waals surface area contributed by atoms with Gasteiger partial charge in [-0.2, -0.15) is 0 Å². The van der Waals surface area contributed by atoms with E-state index >= 15 is 0 Å². The van der Waals surface area contributed by atoms with Gasteiger partial charge >= 0.3 is 6.03 Å². The standard InChI is InChI=1S/C78H97ClN14O14S2/c1-50-70(108-49-86-50)54-9-7-51(8-10-54)45-85-74(98)66-41-59(94)48-92(66)75(99)71(77(2,3)4)87-69(96)20-19-68(95)80-27-35-105-37-38-106-36-28-82-76(100)91-29-23-52(24-30-91)44-83-64-18-16-61(42-65(64)93(101)102)109(103,104)88-73(97)62-17-15-58(40-67(62)107-60-39-55-22-26-81-72(55)84-46-60)90-33-31-89(32-34-90)47-56-21-25-78(5,6)43-63(56)53-11-13-57(79)14-12-53/h7-18,22,26,39-40,42,46,49,52,59,66,71,83,94H,19-21,23-25,27-38,41,43-45,47-48H2,1-6H3,(H,80,95)(H,81,84)(H,82,100)(H,85,98)(H,87,96)(H,88,97)/t59-,66+,71-/m1/s1. The number of piperidine rings is 1. The largest absolute Gasteiger partial charge is 0.455 e. The van der Waals surface area contributed by atoms with Crippen LogP contribution < -0.4 is 40.9 Å². The zero-order chi connectivity index (χ0) is 77.6. The number of allylic oxidation sites excluding steroid dienone is 1. The monoisotopic (exact) mass is 1550 g/mol. The van der Waals surface area contributed by atoms with Gasteiger partial charge < -0.3 is 65.6 Å². The molecular formula is C78H97ClN14O14S2. The molecule has 3 aromatic heterocycles. The van der Waals surface area contributed by atoms with Crippen LogP contribution in [-0.4, -0.2) is 200 Å². The van der Waals surface area contributed by atoms with Gasteiger partial charge in [-0.05, 0) is 127 Å². The van der Waals surface area contributed by atoms with Crippen LogP contribution in [0.1, 0.15) is 113 Å². The maximum Gasteiger partial charge on any atom is 0.317 e. The first kappa shape index (κ1) is 80.5. The molecule has 0 saturated carbocycles. The van der Waals surface area contributed by atoms with Gasteiger partial charge in [-0.3, -0.25) is 39.0 Å². The molecule has 3 fully saturated rings. The summed E-state index contributed by atoms with van der Waals surface area (Å²) in [4.78, 5) is 113. The third-order valence-corrected chi connectivity index (χ3v) is 22.8. The molecular weight excluding hydrogens is 1460 g/mol. The van der Waals surface area contributed by atoms with Crippen LogP contribution in [0.25, 0.3) is 27.0 Å². The van der Waals surface area contributed by atoms with E-state index in [1.807, 2.05) is 49.4 Å². The molecule has 1 aliphatic carbocycles. The molecule has 0 radical (unpaired) electrons. The van der Waals surface area contributed by atoms with Crippen molar-refractivity contribution in [3.05, 3.63) is 158 Å². The zero-order valence-corrected chi connectivity index (χ0v) is 64.7. The summed E-state index contributed by atoms with van der Waals surface area (Å²) in [7, 11) is -4.69. The van der Waals surface area contributed by atoms with Gasteiger partial charge in [-0.1, -0.05) is 88.2 Å². The van der Waals surface area contributed by atoms with E-state index in [0.717, 1.165) is 77.7 Å². The van der Waals surface area contributed by atoms with Gasteiger partial charge in [-0.15, -0.1) is 11.3 Å².